The first kappa shape index (κ1) is 11.3. The first-order valence-corrected chi connectivity index (χ1v) is 5.14. The van der Waals surface area contributed by atoms with Gasteiger partial charge in [0.15, 0.2) is 0 Å². The Hall–Kier alpha value is 0.270. The lowest BCUT2D eigenvalue weighted by Gasteiger charge is -2.22. The van der Waals surface area contributed by atoms with Crippen molar-refractivity contribution in [1.82, 2.24) is 5.32 Å². The van der Waals surface area contributed by atoms with Gasteiger partial charge in [-0.1, -0.05) is 0 Å². The molecule has 3 heteroatoms. The molecule has 0 saturated heterocycles. The summed E-state index contributed by atoms with van der Waals surface area (Å²) in [7, 11) is 0. The Kier molecular flexibility index (Phi) is 5.13. The summed E-state index contributed by atoms with van der Waals surface area (Å²) in [4.78, 5) is 0. The number of aliphatic hydroxyl groups is 1. The van der Waals surface area contributed by atoms with Gasteiger partial charge in [-0.25, -0.2) is 0 Å². The molecular formula is C8H19NOS. The Labute approximate surface area is 73.8 Å². The van der Waals surface area contributed by atoms with E-state index < -0.39 is 0 Å². The van der Waals surface area contributed by atoms with Crippen molar-refractivity contribution in [3.8, 4) is 0 Å². The molecule has 0 amide bonds. The summed E-state index contributed by atoms with van der Waals surface area (Å²) in [6, 6.07) is 0. The maximum Gasteiger partial charge on any atom is 0.0636 e. The van der Waals surface area contributed by atoms with Crippen LogP contribution in [0.3, 0.4) is 0 Å². The molecule has 0 aromatic carbocycles. The van der Waals surface area contributed by atoms with Gasteiger partial charge in [0.25, 0.3) is 0 Å². The molecule has 1 atom stereocenters. The van der Waals surface area contributed by atoms with Gasteiger partial charge in [-0.2, -0.15) is 11.8 Å². The average molecular weight is 177 g/mol. The van der Waals surface area contributed by atoms with E-state index in [1.54, 1.807) is 6.92 Å². The largest absolute Gasteiger partial charge is 0.392 e. The van der Waals surface area contributed by atoms with E-state index >= 15 is 0 Å². The second-order valence-corrected chi connectivity index (χ2v) is 4.96. The van der Waals surface area contributed by atoms with Crippen LogP contribution in [0.25, 0.3) is 0 Å². The average Bonchev–Trinajstić information content (AvgIpc) is 1.87. The zero-order valence-corrected chi connectivity index (χ0v) is 8.66. The number of rotatable bonds is 5. The van der Waals surface area contributed by atoms with E-state index in [1.807, 2.05) is 11.8 Å². The minimum Gasteiger partial charge on any atom is -0.392 e. The molecule has 0 radical (unpaired) electrons. The van der Waals surface area contributed by atoms with Crippen LogP contribution in [0.2, 0.25) is 0 Å². The molecule has 0 saturated carbocycles. The summed E-state index contributed by atoms with van der Waals surface area (Å²) in [5.74, 6) is 0. The van der Waals surface area contributed by atoms with Gasteiger partial charge >= 0.3 is 0 Å². The Balaban J connectivity index is 3.38. The summed E-state index contributed by atoms with van der Waals surface area (Å²) in [6.07, 6.45) is 1.86. The standard InChI is InChI=1S/C8H19NOS/c1-7(10)5-9-6-8(2,3)11-4/h7,9-10H,5-6H2,1-4H3. The molecule has 68 valence electrons. The van der Waals surface area contributed by atoms with E-state index in [1.165, 1.54) is 0 Å². The Bertz CT molecular complexity index is 104. The molecule has 0 fully saturated rings. The first-order chi connectivity index (χ1) is 4.98. The summed E-state index contributed by atoms with van der Waals surface area (Å²) in [5, 5.41) is 12.2. The van der Waals surface area contributed by atoms with Gasteiger partial charge in [-0.3, -0.25) is 0 Å². The molecule has 0 spiro atoms. The monoisotopic (exact) mass is 177 g/mol. The molecule has 0 aromatic rings. The quantitative estimate of drug-likeness (QED) is 0.659. The van der Waals surface area contributed by atoms with Gasteiger partial charge < -0.3 is 10.4 Å². The van der Waals surface area contributed by atoms with Gasteiger partial charge in [-0.05, 0) is 27.0 Å². The molecule has 0 bridgehead atoms. The lowest BCUT2D eigenvalue weighted by atomic mass is 10.2. The minimum atomic E-state index is -0.243. The van der Waals surface area contributed by atoms with Crippen molar-refractivity contribution in [3.63, 3.8) is 0 Å². The van der Waals surface area contributed by atoms with Crippen molar-refractivity contribution in [2.24, 2.45) is 0 Å². The number of hydrogen-bond donors (Lipinski definition) is 2. The van der Waals surface area contributed by atoms with Crippen LogP contribution in [-0.4, -0.2) is 35.3 Å². The smallest absolute Gasteiger partial charge is 0.0636 e. The number of thioether (sulfide) groups is 1. The molecule has 0 aliphatic rings. The second-order valence-electron chi connectivity index (χ2n) is 3.44. The molecule has 1 unspecified atom stereocenters. The molecule has 0 heterocycles. The Morgan fingerprint density at radius 1 is 1.55 bits per heavy atom. The summed E-state index contributed by atoms with van der Waals surface area (Å²) in [5.41, 5.74) is 0. The van der Waals surface area contributed by atoms with E-state index in [-0.39, 0.29) is 10.9 Å². The van der Waals surface area contributed by atoms with Gasteiger partial charge in [0.2, 0.25) is 0 Å². The van der Waals surface area contributed by atoms with Crippen LogP contribution in [0.15, 0.2) is 0 Å². The van der Waals surface area contributed by atoms with Gasteiger partial charge in [0.05, 0.1) is 6.10 Å². The van der Waals surface area contributed by atoms with E-state index in [9.17, 15) is 0 Å². The van der Waals surface area contributed by atoms with Crippen molar-refractivity contribution in [1.29, 1.82) is 0 Å². The highest BCUT2D eigenvalue weighted by Gasteiger charge is 2.14. The first-order valence-electron chi connectivity index (χ1n) is 3.92. The topological polar surface area (TPSA) is 32.3 Å². The molecule has 11 heavy (non-hydrogen) atoms. The van der Waals surface area contributed by atoms with Crippen LogP contribution in [-0.2, 0) is 0 Å². The van der Waals surface area contributed by atoms with Crippen molar-refractivity contribution in [3.05, 3.63) is 0 Å². The van der Waals surface area contributed by atoms with Gasteiger partial charge in [0.1, 0.15) is 0 Å². The Morgan fingerprint density at radius 2 is 2.09 bits per heavy atom. The summed E-state index contributed by atoms with van der Waals surface area (Å²) in [6.45, 7) is 7.79. The molecular weight excluding hydrogens is 158 g/mol. The number of aliphatic hydroxyl groups excluding tert-OH is 1. The highest BCUT2D eigenvalue weighted by atomic mass is 32.2. The maximum atomic E-state index is 8.95. The van der Waals surface area contributed by atoms with Crippen molar-refractivity contribution < 1.29 is 5.11 Å². The number of hydrogen-bond acceptors (Lipinski definition) is 3. The number of nitrogens with one attached hydrogen (secondary N) is 1. The maximum absolute atomic E-state index is 8.95. The third kappa shape index (κ3) is 6.66. The van der Waals surface area contributed by atoms with E-state index in [2.05, 4.69) is 25.4 Å². The fourth-order valence-corrected chi connectivity index (χ4v) is 0.901. The van der Waals surface area contributed by atoms with Crippen molar-refractivity contribution in [2.45, 2.75) is 31.6 Å². The third-order valence-electron chi connectivity index (χ3n) is 1.54. The van der Waals surface area contributed by atoms with E-state index in [4.69, 9.17) is 5.11 Å². The predicted molar refractivity (Wildman–Crippen MR) is 52.1 cm³/mol. The van der Waals surface area contributed by atoms with Crippen LogP contribution in [0, 0.1) is 0 Å². The fourth-order valence-electron chi connectivity index (χ4n) is 0.654. The zero-order chi connectivity index (χ0) is 8.91. The molecule has 2 N–H and O–H groups in total. The van der Waals surface area contributed by atoms with Gasteiger partial charge in [0, 0.05) is 17.8 Å². The highest BCUT2D eigenvalue weighted by Crippen LogP contribution is 2.19. The molecule has 0 aliphatic carbocycles. The molecule has 2 nitrogen and oxygen atoms in total. The molecule has 0 aliphatic heterocycles. The second kappa shape index (κ2) is 5.01. The minimum absolute atomic E-state index is 0.243. The van der Waals surface area contributed by atoms with Crippen LogP contribution in [0.1, 0.15) is 20.8 Å². The van der Waals surface area contributed by atoms with E-state index in [0.29, 0.717) is 6.54 Å². The van der Waals surface area contributed by atoms with Crippen LogP contribution in [0.5, 0.6) is 0 Å². The third-order valence-corrected chi connectivity index (χ3v) is 2.79. The normalized spacial score (nSPS) is 15.0. The van der Waals surface area contributed by atoms with E-state index in [0.717, 1.165) is 6.54 Å². The van der Waals surface area contributed by atoms with Crippen molar-refractivity contribution in [2.75, 3.05) is 19.3 Å². The summed E-state index contributed by atoms with van der Waals surface area (Å²) < 4.78 is 0.273. The van der Waals surface area contributed by atoms with Crippen LogP contribution >= 0.6 is 11.8 Å². The molecule has 0 rings (SSSR count). The SMILES string of the molecule is CSC(C)(C)CNCC(C)O. The lowest BCUT2D eigenvalue weighted by molar-refractivity contribution is 0.190. The van der Waals surface area contributed by atoms with Crippen molar-refractivity contribution >= 4 is 11.8 Å². The zero-order valence-electron chi connectivity index (χ0n) is 7.85. The Morgan fingerprint density at radius 3 is 2.45 bits per heavy atom. The van der Waals surface area contributed by atoms with Crippen LogP contribution < -0.4 is 5.32 Å². The summed E-state index contributed by atoms with van der Waals surface area (Å²) >= 11 is 1.83. The highest BCUT2D eigenvalue weighted by molar-refractivity contribution is 7.99. The molecule has 0 aromatic heterocycles. The fraction of sp³-hybridized carbons (Fsp3) is 1.00. The lowest BCUT2D eigenvalue weighted by Crippen LogP contribution is -2.35. The van der Waals surface area contributed by atoms with Gasteiger partial charge in [-0.15, -0.1) is 0 Å². The predicted octanol–water partition coefficient (Wildman–Crippen LogP) is 1.10. The van der Waals surface area contributed by atoms with Crippen LogP contribution in [0.4, 0.5) is 0 Å².